The molecule has 1 unspecified atom stereocenters. The van der Waals surface area contributed by atoms with Crippen molar-refractivity contribution < 1.29 is 0 Å². The van der Waals surface area contributed by atoms with Crippen molar-refractivity contribution >= 4 is 0 Å². The molecule has 1 rings (SSSR count). The Bertz CT molecular complexity index is 214. The molecule has 0 bridgehead atoms. The van der Waals surface area contributed by atoms with E-state index in [1.54, 1.807) is 0 Å². The van der Waals surface area contributed by atoms with E-state index in [1.165, 1.54) is 38.9 Å². The molecule has 1 N–H and O–H groups in total. The Morgan fingerprint density at radius 2 is 2.06 bits per heavy atom. The van der Waals surface area contributed by atoms with Crippen LogP contribution in [0, 0.1) is 0 Å². The zero-order valence-electron chi connectivity index (χ0n) is 12.4. The summed E-state index contributed by atoms with van der Waals surface area (Å²) in [5, 5.41) is 3.64. The van der Waals surface area contributed by atoms with Crippen LogP contribution in [-0.2, 0) is 0 Å². The molecule has 0 saturated carbocycles. The molecule has 0 amide bonds. The molecule has 0 radical (unpaired) electrons. The number of hydrogen-bond donors (Lipinski definition) is 1. The van der Waals surface area contributed by atoms with Crippen molar-refractivity contribution in [3.8, 4) is 0 Å². The second-order valence-electron chi connectivity index (χ2n) is 6.22. The third-order valence-corrected chi connectivity index (χ3v) is 4.13. The second-order valence-corrected chi connectivity index (χ2v) is 6.22. The molecule has 1 atom stereocenters. The smallest absolute Gasteiger partial charge is 0.0217 e. The molecular formula is C14H31N3. The number of nitrogens with one attached hydrogen (secondary N) is 1. The Morgan fingerprint density at radius 1 is 1.35 bits per heavy atom. The van der Waals surface area contributed by atoms with Crippen LogP contribution in [0.2, 0.25) is 0 Å². The maximum Gasteiger partial charge on any atom is 0.0217 e. The third-order valence-electron chi connectivity index (χ3n) is 4.13. The average molecular weight is 241 g/mol. The van der Waals surface area contributed by atoms with Gasteiger partial charge in [0.25, 0.3) is 0 Å². The van der Waals surface area contributed by atoms with E-state index >= 15 is 0 Å². The van der Waals surface area contributed by atoms with Crippen molar-refractivity contribution in [1.82, 2.24) is 15.1 Å². The molecule has 0 spiro atoms. The molecule has 17 heavy (non-hydrogen) atoms. The van der Waals surface area contributed by atoms with E-state index < -0.39 is 0 Å². The number of likely N-dealkylation sites (N-methyl/N-ethyl adjacent to an activating group) is 1. The summed E-state index contributed by atoms with van der Waals surface area (Å²) in [5.74, 6) is 0. The topological polar surface area (TPSA) is 18.5 Å². The number of likely N-dealkylation sites (tertiary alicyclic amines) is 1. The number of hydrogen-bond acceptors (Lipinski definition) is 3. The van der Waals surface area contributed by atoms with Crippen LogP contribution in [0.15, 0.2) is 0 Å². The lowest BCUT2D eigenvalue weighted by atomic mass is 10.0. The average Bonchev–Trinajstić information content (AvgIpc) is 2.29. The quantitative estimate of drug-likeness (QED) is 0.765. The first-order valence-corrected chi connectivity index (χ1v) is 7.08. The van der Waals surface area contributed by atoms with Crippen molar-refractivity contribution in [2.75, 3.05) is 40.3 Å². The lowest BCUT2D eigenvalue weighted by molar-refractivity contribution is 0.131. The van der Waals surface area contributed by atoms with Crippen LogP contribution in [0.3, 0.4) is 0 Å². The highest BCUT2D eigenvalue weighted by Gasteiger charge is 2.21. The van der Waals surface area contributed by atoms with Gasteiger partial charge in [-0.05, 0) is 53.8 Å². The van der Waals surface area contributed by atoms with Crippen molar-refractivity contribution in [1.29, 1.82) is 0 Å². The highest BCUT2D eigenvalue weighted by Crippen LogP contribution is 2.13. The first-order valence-electron chi connectivity index (χ1n) is 7.08. The van der Waals surface area contributed by atoms with E-state index in [1.807, 2.05) is 0 Å². The van der Waals surface area contributed by atoms with Gasteiger partial charge in [-0.1, -0.05) is 6.92 Å². The lowest BCUT2D eigenvalue weighted by Gasteiger charge is -2.36. The fourth-order valence-corrected chi connectivity index (χ4v) is 2.33. The molecule has 1 aliphatic heterocycles. The van der Waals surface area contributed by atoms with Gasteiger partial charge in [-0.2, -0.15) is 0 Å². The van der Waals surface area contributed by atoms with Crippen LogP contribution < -0.4 is 5.32 Å². The molecule has 102 valence electrons. The minimum atomic E-state index is 0.288. The largest absolute Gasteiger partial charge is 0.311 e. The Kier molecular flexibility index (Phi) is 5.90. The van der Waals surface area contributed by atoms with Gasteiger partial charge >= 0.3 is 0 Å². The van der Waals surface area contributed by atoms with Crippen LogP contribution >= 0.6 is 0 Å². The Hall–Kier alpha value is -0.120. The Balaban J connectivity index is 2.23. The van der Waals surface area contributed by atoms with Gasteiger partial charge in [0.05, 0.1) is 0 Å². The van der Waals surface area contributed by atoms with Crippen molar-refractivity contribution in [3.05, 3.63) is 0 Å². The minimum Gasteiger partial charge on any atom is -0.311 e. The standard InChI is InChI=1S/C14H31N3/c1-6-14(2,3)15-9-11-17-10-7-8-13(12-17)16(4)5/h13,15H,6-12H2,1-5H3. The molecule has 1 saturated heterocycles. The van der Waals surface area contributed by atoms with Gasteiger partial charge in [0.1, 0.15) is 0 Å². The lowest BCUT2D eigenvalue weighted by Crippen LogP contribution is -2.49. The molecule has 1 heterocycles. The fraction of sp³-hybridized carbons (Fsp3) is 1.00. The van der Waals surface area contributed by atoms with Gasteiger partial charge in [-0.25, -0.2) is 0 Å². The van der Waals surface area contributed by atoms with Crippen LogP contribution in [-0.4, -0.2) is 61.7 Å². The maximum atomic E-state index is 3.64. The van der Waals surface area contributed by atoms with Gasteiger partial charge in [0, 0.05) is 31.2 Å². The minimum absolute atomic E-state index is 0.288. The summed E-state index contributed by atoms with van der Waals surface area (Å²) in [5.41, 5.74) is 0.288. The van der Waals surface area contributed by atoms with Gasteiger partial charge in [0.15, 0.2) is 0 Å². The van der Waals surface area contributed by atoms with Gasteiger partial charge < -0.3 is 15.1 Å². The van der Waals surface area contributed by atoms with E-state index in [4.69, 9.17) is 0 Å². The van der Waals surface area contributed by atoms with Gasteiger partial charge in [-0.3, -0.25) is 0 Å². The fourth-order valence-electron chi connectivity index (χ4n) is 2.33. The zero-order valence-corrected chi connectivity index (χ0v) is 12.4. The molecule has 0 aromatic heterocycles. The summed E-state index contributed by atoms with van der Waals surface area (Å²) in [6, 6.07) is 0.753. The number of nitrogens with zero attached hydrogens (tertiary/aromatic N) is 2. The molecule has 1 fully saturated rings. The van der Waals surface area contributed by atoms with Crippen molar-refractivity contribution in [3.63, 3.8) is 0 Å². The molecule has 0 aromatic carbocycles. The maximum absolute atomic E-state index is 3.64. The predicted molar refractivity (Wildman–Crippen MR) is 75.5 cm³/mol. The zero-order chi connectivity index (χ0) is 12.9. The van der Waals surface area contributed by atoms with Crippen LogP contribution in [0.5, 0.6) is 0 Å². The van der Waals surface area contributed by atoms with Crippen LogP contribution in [0.4, 0.5) is 0 Å². The predicted octanol–water partition coefficient (Wildman–Crippen LogP) is 1.79. The van der Waals surface area contributed by atoms with E-state index in [-0.39, 0.29) is 5.54 Å². The highest BCUT2D eigenvalue weighted by molar-refractivity contribution is 4.80. The first-order chi connectivity index (χ1) is 7.94. The van der Waals surface area contributed by atoms with E-state index in [0.717, 1.165) is 12.6 Å². The summed E-state index contributed by atoms with van der Waals surface area (Å²) < 4.78 is 0. The number of piperidine rings is 1. The summed E-state index contributed by atoms with van der Waals surface area (Å²) in [7, 11) is 4.40. The Labute approximate surface area is 108 Å². The van der Waals surface area contributed by atoms with Gasteiger partial charge in [0.2, 0.25) is 0 Å². The molecule has 0 aromatic rings. The summed E-state index contributed by atoms with van der Waals surface area (Å²) in [6.45, 7) is 11.6. The highest BCUT2D eigenvalue weighted by atomic mass is 15.2. The normalized spacial score (nSPS) is 23.3. The molecule has 1 aliphatic rings. The molecule has 0 aliphatic carbocycles. The van der Waals surface area contributed by atoms with Crippen LogP contribution in [0.1, 0.15) is 40.0 Å². The molecular weight excluding hydrogens is 210 g/mol. The SMILES string of the molecule is CCC(C)(C)NCCN1CCCC(N(C)C)C1. The van der Waals surface area contributed by atoms with Crippen molar-refractivity contribution in [2.45, 2.75) is 51.6 Å². The summed E-state index contributed by atoms with van der Waals surface area (Å²) in [6.07, 6.45) is 3.89. The van der Waals surface area contributed by atoms with Gasteiger partial charge in [-0.15, -0.1) is 0 Å². The van der Waals surface area contributed by atoms with E-state index in [0.29, 0.717) is 0 Å². The monoisotopic (exact) mass is 241 g/mol. The van der Waals surface area contributed by atoms with Crippen molar-refractivity contribution in [2.24, 2.45) is 0 Å². The summed E-state index contributed by atoms with van der Waals surface area (Å²) in [4.78, 5) is 4.97. The summed E-state index contributed by atoms with van der Waals surface area (Å²) >= 11 is 0. The molecule has 3 heteroatoms. The number of rotatable bonds is 6. The molecule has 3 nitrogen and oxygen atoms in total. The second kappa shape index (κ2) is 6.72. The third kappa shape index (κ3) is 5.36. The van der Waals surface area contributed by atoms with Crippen LogP contribution in [0.25, 0.3) is 0 Å². The van der Waals surface area contributed by atoms with E-state index in [9.17, 15) is 0 Å². The van der Waals surface area contributed by atoms with E-state index in [2.05, 4.69) is 50.0 Å². The first kappa shape index (κ1) is 14.9. The Morgan fingerprint density at radius 3 is 2.65 bits per heavy atom.